The molecular formula is C13H12BrClF2N2. The summed E-state index contributed by atoms with van der Waals surface area (Å²) in [6.45, 7) is 2.70. The summed E-state index contributed by atoms with van der Waals surface area (Å²) >= 11 is 9.46. The maximum absolute atomic E-state index is 12.9. The number of alkyl halides is 2. The molecule has 0 atom stereocenters. The smallest absolute Gasteiger partial charge is 0.280 e. The normalized spacial score (nSPS) is 11.3. The average Bonchev–Trinajstić information content (AvgIpc) is 2.39. The van der Waals surface area contributed by atoms with Crippen LogP contribution in [0.1, 0.15) is 25.5 Å². The van der Waals surface area contributed by atoms with Gasteiger partial charge >= 0.3 is 0 Å². The van der Waals surface area contributed by atoms with Crippen LogP contribution in [-0.4, -0.2) is 11.5 Å². The van der Waals surface area contributed by atoms with E-state index in [1.807, 2.05) is 6.92 Å². The first-order valence-corrected chi connectivity index (χ1v) is 7.02. The Morgan fingerprint density at radius 2 is 2.16 bits per heavy atom. The molecule has 19 heavy (non-hydrogen) atoms. The second-order valence-electron chi connectivity index (χ2n) is 4.07. The fourth-order valence-corrected chi connectivity index (χ4v) is 2.53. The van der Waals surface area contributed by atoms with Gasteiger partial charge in [-0.25, -0.2) is 13.8 Å². The highest BCUT2D eigenvalue weighted by Crippen LogP contribution is 2.36. The lowest BCUT2D eigenvalue weighted by Crippen LogP contribution is -2.03. The minimum Gasteiger partial charge on any atom is -0.384 e. The summed E-state index contributed by atoms with van der Waals surface area (Å²) in [6.07, 6.45) is -1.73. The molecule has 0 bridgehead atoms. The molecule has 0 aliphatic heterocycles. The third-order valence-corrected chi connectivity index (χ3v) is 3.64. The van der Waals surface area contributed by atoms with Gasteiger partial charge in [0.1, 0.15) is 5.69 Å². The Morgan fingerprint density at radius 1 is 1.42 bits per heavy atom. The first kappa shape index (κ1) is 14.5. The molecule has 102 valence electrons. The number of benzene rings is 1. The van der Waals surface area contributed by atoms with Crippen LogP contribution >= 0.6 is 27.5 Å². The van der Waals surface area contributed by atoms with Gasteiger partial charge in [0.15, 0.2) is 0 Å². The van der Waals surface area contributed by atoms with Gasteiger partial charge < -0.3 is 5.32 Å². The molecule has 0 aliphatic carbocycles. The molecule has 0 fully saturated rings. The van der Waals surface area contributed by atoms with Crippen LogP contribution in [0.4, 0.5) is 14.5 Å². The Morgan fingerprint density at radius 3 is 2.79 bits per heavy atom. The molecule has 1 aromatic carbocycles. The zero-order valence-electron chi connectivity index (χ0n) is 10.2. The van der Waals surface area contributed by atoms with Crippen LogP contribution in [0.25, 0.3) is 10.9 Å². The van der Waals surface area contributed by atoms with Crippen molar-refractivity contribution in [3.05, 3.63) is 33.4 Å². The highest BCUT2D eigenvalue weighted by atomic mass is 79.9. The van der Waals surface area contributed by atoms with Gasteiger partial charge in [0.05, 0.1) is 10.5 Å². The molecular weight excluding hydrogens is 338 g/mol. The molecule has 2 rings (SSSR count). The molecule has 1 heterocycles. The molecule has 0 spiro atoms. The van der Waals surface area contributed by atoms with Gasteiger partial charge in [0.2, 0.25) is 0 Å². The van der Waals surface area contributed by atoms with Crippen LogP contribution in [-0.2, 0) is 0 Å². The minimum absolute atomic E-state index is 0.272. The summed E-state index contributed by atoms with van der Waals surface area (Å²) in [6, 6.07) is 4.80. The molecule has 1 N–H and O–H groups in total. The van der Waals surface area contributed by atoms with E-state index in [0.717, 1.165) is 16.3 Å². The standard InChI is InChI=1S/C13H12BrClF2N2/c1-2-5-18-9-6-10(13(16)17)19-12-8(15)4-3-7(14)11(9)12/h3-4,6,13H,2,5H2,1H3,(H,18,19). The number of fused-ring (bicyclic) bond motifs is 1. The lowest BCUT2D eigenvalue weighted by molar-refractivity contribution is 0.146. The first-order valence-electron chi connectivity index (χ1n) is 5.85. The number of nitrogens with one attached hydrogen (secondary N) is 1. The van der Waals surface area contributed by atoms with Crippen molar-refractivity contribution in [2.75, 3.05) is 11.9 Å². The Bertz CT molecular complexity index is 605. The van der Waals surface area contributed by atoms with E-state index in [0.29, 0.717) is 22.8 Å². The average molecular weight is 350 g/mol. The van der Waals surface area contributed by atoms with Gasteiger partial charge in [-0.05, 0) is 24.6 Å². The Kier molecular flexibility index (Phi) is 4.58. The molecule has 0 radical (unpaired) electrons. The van der Waals surface area contributed by atoms with Crippen molar-refractivity contribution in [2.24, 2.45) is 0 Å². The quantitative estimate of drug-likeness (QED) is 0.798. The molecule has 0 unspecified atom stereocenters. The summed E-state index contributed by atoms with van der Waals surface area (Å²) in [5.41, 5.74) is 0.732. The number of nitrogens with zero attached hydrogens (tertiary/aromatic N) is 1. The van der Waals surface area contributed by atoms with E-state index in [9.17, 15) is 8.78 Å². The highest BCUT2D eigenvalue weighted by Gasteiger charge is 2.16. The van der Waals surface area contributed by atoms with E-state index >= 15 is 0 Å². The molecule has 0 amide bonds. The Hall–Kier alpha value is -0.940. The van der Waals surface area contributed by atoms with Crippen molar-refractivity contribution in [1.82, 2.24) is 4.98 Å². The number of hydrogen-bond acceptors (Lipinski definition) is 2. The predicted molar refractivity (Wildman–Crippen MR) is 78.2 cm³/mol. The minimum atomic E-state index is -2.62. The van der Waals surface area contributed by atoms with E-state index in [2.05, 4.69) is 26.2 Å². The third-order valence-electron chi connectivity index (χ3n) is 2.67. The number of anilines is 1. The molecule has 0 saturated carbocycles. The first-order chi connectivity index (χ1) is 9.04. The number of pyridine rings is 1. The summed E-state index contributed by atoms with van der Waals surface area (Å²) in [4.78, 5) is 3.95. The summed E-state index contributed by atoms with van der Waals surface area (Å²) in [5.74, 6) is 0. The van der Waals surface area contributed by atoms with Crippen LogP contribution in [0.3, 0.4) is 0 Å². The zero-order chi connectivity index (χ0) is 14.0. The van der Waals surface area contributed by atoms with Crippen LogP contribution in [0.5, 0.6) is 0 Å². The van der Waals surface area contributed by atoms with E-state index in [1.54, 1.807) is 12.1 Å². The zero-order valence-corrected chi connectivity index (χ0v) is 12.5. The summed E-state index contributed by atoms with van der Waals surface area (Å²) in [7, 11) is 0. The summed E-state index contributed by atoms with van der Waals surface area (Å²) < 4.78 is 26.5. The molecule has 0 saturated heterocycles. The number of aromatic nitrogens is 1. The fraction of sp³-hybridized carbons (Fsp3) is 0.308. The molecule has 2 aromatic rings. The molecule has 1 aromatic heterocycles. The van der Waals surface area contributed by atoms with Gasteiger partial charge in [-0.15, -0.1) is 0 Å². The van der Waals surface area contributed by atoms with Crippen LogP contribution < -0.4 is 5.32 Å². The van der Waals surface area contributed by atoms with Gasteiger partial charge in [0, 0.05) is 22.1 Å². The largest absolute Gasteiger partial charge is 0.384 e. The van der Waals surface area contributed by atoms with Crippen molar-refractivity contribution >= 4 is 44.1 Å². The molecule has 6 heteroatoms. The topological polar surface area (TPSA) is 24.9 Å². The van der Waals surface area contributed by atoms with Crippen LogP contribution in [0.2, 0.25) is 5.02 Å². The highest BCUT2D eigenvalue weighted by molar-refractivity contribution is 9.10. The SMILES string of the molecule is CCCNc1cc(C(F)F)nc2c(Cl)ccc(Br)c12. The number of rotatable bonds is 4. The van der Waals surface area contributed by atoms with E-state index in [1.165, 1.54) is 6.07 Å². The fourth-order valence-electron chi connectivity index (χ4n) is 1.80. The van der Waals surface area contributed by atoms with E-state index in [-0.39, 0.29) is 5.69 Å². The summed E-state index contributed by atoms with van der Waals surface area (Å²) in [5, 5.41) is 4.23. The van der Waals surface area contributed by atoms with Crippen molar-refractivity contribution in [3.63, 3.8) is 0 Å². The molecule has 2 nitrogen and oxygen atoms in total. The predicted octanol–water partition coefficient (Wildman–Crippen LogP) is 5.41. The van der Waals surface area contributed by atoms with E-state index in [4.69, 9.17) is 11.6 Å². The van der Waals surface area contributed by atoms with Gasteiger partial charge in [0.25, 0.3) is 6.43 Å². The molecule has 0 aliphatic rings. The second kappa shape index (κ2) is 6.01. The maximum Gasteiger partial charge on any atom is 0.280 e. The lowest BCUT2D eigenvalue weighted by atomic mass is 10.1. The Balaban J connectivity index is 2.70. The van der Waals surface area contributed by atoms with Crippen molar-refractivity contribution in [3.8, 4) is 0 Å². The van der Waals surface area contributed by atoms with Crippen molar-refractivity contribution < 1.29 is 8.78 Å². The van der Waals surface area contributed by atoms with Crippen LogP contribution in [0.15, 0.2) is 22.7 Å². The number of hydrogen-bond donors (Lipinski definition) is 1. The maximum atomic E-state index is 12.9. The number of halogens is 4. The second-order valence-corrected chi connectivity index (χ2v) is 5.34. The van der Waals surface area contributed by atoms with Crippen molar-refractivity contribution in [2.45, 2.75) is 19.8 Å². The Labute approximate surface area is 123 Å². The van der Waals surface area contributed by atoms with Crippen LogP contribution in [0, 0.1) is 0 Å². The van der Waals surface area contributed by atoms with Gasteiger partial charge in [-0.2, -0.15) is 0 Å². The van der Waals surface area contributed by atoms with Gasteiger partial charge in [-0.3, -0.25) is 0 Å². The third kappa shape index (κ3) is 2.98. The van der Waals surface area contributed by atoms with E-state index < -0.39 is 6.43 Å². The van der Waals surface area contributed by atoms with Gasteiger partial charge in [-0.1, -0.05) is 34.5 Å². The lowest BCUT2D eigenvalue weighted by Gasteiger charge is -2.13. The van der Waals surface area contributed by atoms with Crippen molar-refractivity contribution in [1.29, 1.82) is 0 Å². The monoisotopic (exact) mass is 348 g/mol.